The highest BCUT2D eigenvalue weighted by Crippen LogP contribution is 2.38. The zero-order valence-corrected chi connectivity index (χ0v) is 29.3. The summed E-state index contributed by atoms with van der Waals surface area (Å²) in [5, 5.41) is 10.6. The molecule has 1 heterocycles. The second-order valence-corrected chi connectivity index (χ2v) is 14.4. The van der Waals surface area contributed by atoms with E-state index < -0.39 is 33.5 Å². The van der Waals surface area contributed by atoms with Crippen molar-refractivity contribution in [1.29, 1.82) is 0 Å². The molecule has 0 atom stereocenters. The molecule has 0 amide bonds. The first kappa shape index (κ1) is 36.7. The summed E-state index contributed by atoms with van der Waals surface area (Å²) < 4.78 is 78.3. The first-order valence-corrected chi connectivity index (χ1v) is 18.4. The van der Waals surface area contributed by atoms with Crippen molar-refractivity contribution in [2.45, 2.75) is 30.8 Å². The average Bonchev–Trinajstić information content (AvgIpc) is 3.40. The number of halogens is 4. The van der Waals surface area contributed by atoms with Crippen molar-refractivity contribution in [2.24, 2.45) is 0 Å². The summed E-state index contributed by atoms with van der Waals surface area (Å²) in [5.41, 5.74) is 3.25. The Morgan fingerprint density at radius 1 is 0.827 bits per heavy atom. The van der Waals surface area contributed by atoms with Crippen LogP contribution in [0.15, 0.2) is 127 Å². The number of aromatic nitrogens is 1. The zero-order chi connectivity index (χ0) is 36.9. The lowest BCUT2D eigenvalue weighted by molar-refractivity contribution is -0.138. The second-order valence-electron chi connectivity index (χ2n) is 12.2. The summed E-state index contributed by atoms with van der Waals surface area (Å²) in [6.07, 6.45) is -4.14. The molecule has 6 rings (SSSR count). The SMILES string of the molecule is O=C(O)c1ccc(OCCc2c(CCNS(=O)(=O)Cc3ccccc3C(F)(F)F)n(C(c3ccccc3)c3ccccc3)c3ccc(Cl)cc23)cc1. The number of benzene rings is 5. The van der Waals surface area contributed by atoms with Crippen LogP contribution in [0.2, 0.25) is 5.02 Å². The van der Waals surface area contributed by atoms with Crippen molar-refractivity contribution in [3.8, 4) is 5.75 Å². The molecule has 1 aromatic heterocycles. The summed E-state index contributed by atoms with van der Waals surface area (Å²) in [4.78, 5) is 11.3. The van der Waals surface area contributed by atoms with Crippen molar-refractivity contribution >= 4 is 38.5 Å². The van der Waals surface area contributed by atoms with Crippen LogP contribution >= 0.6 is 11.6 Å². The van der Waals surface area contributed by atoms with Crippen molar-refractivity contribution in [1.82, 2.24) is 9.29 Å². The Morgan fingerprint density at radius 2 is 1.44 bits per heavy atom. The number of nitrogens with zero attached hydrogens (tertiary/aromatic N) is 1. The van der Waals surface area contributed by atoms with E-state index in [1.54, 1.807) is 18.2 Å². The number of ether oxygens (including phenoxy) is 1. The van der Waals surface area contributed by atoms with Crippen LogP contribution in [0.3, 0.4) is 0 Å². The van der Waals surface area contributed by atoms with Crippen LogP contribution in [-0.4, -0.2) is 37.2 Å². The molecule has 268 valence electrons. The Kier molecular flexibility index (Phi) is 11.0. The van der Waals surface area contributed by atoms with E-state index in [1.807, 2.05) is 72.8 Å². The van der Waals surface area contributed by atoms with Gasteiger partial charge in [-0.3, -0.25) is 0 Å². The van der Waals surface area contributed by atoms with Crippen molar-refractivity contribution in [3.63, 3.8) is 0 Å². The van der Waals surface area contributed by atoms with Crippen LogP contribution in [0.4, 0.5) is 13.2 Å². The van der Waals surface area contributed by atoms with Crippen LogP contribution in [0.1, 0.15) is 49.9 Å². The van der Waals surface area contributed by atoms with E-state index in [0.29, 0.717) is 17.2 Å². The van der Waals surface area contributed by atoms with Gasteiger partial charge in [-0.2, -0.15) is 13.2 Å². The number of hydrogen-bond acceptors (Lipinski definition) is 4. The van der Waals surface area contributed by atoms with E-state index in [4.69, 9.17) is 16.3 Å². The number of nitrogens with one attached hydrogen (secondary N) is 1. The number of carboxylic acids is 1. The Bertz CT molecular complexity index is 2240. The van der Waals surface area contributed by atoms with E-state index in [2.05, 4.69) is 9.29 Å². The van der Waals surface area contributed by atoms with Crippen LogP contribution in [0, 0.1) is 0 Å². The molecule has 0 saturated carbocycles. The first-order chi connectivity index (χ1) is 24.9. The fourth-order valence-corrected chi connectivity index (χ4v) is 7.83. The van der Waals surface area contributed by atoms with Gasteiger partial charge >= 0.3 is 12.1 Å². The summed E-state index contributed by atoms with van der Waals surface area (Å²) in [5.74, 6) is -1.40. The normalized spacial score (nSPS) is 12.0. The smallest absolute Gasteiger partial charge is 0.416 e. The number of aromatic carboxylic acids is 1. The summed E-state index contributed by atoms with van der Waals surface area (Å²) in [7, 11) is -4.18. The molecule has 5 aromatic carbocycles. The summed E-state index contributed by atoms with van der Waals surface area (Å²) in [6.45, 7) is 0.105. The third-order valence-corrected chi connectivity index (χ3v) is 10.3. The Hall–Kier alpha value is -5.10. The maximum absolute atomic E-state index is 13.7. The van der Waals surface area contributed by atoms with E-state index in [9.17, 15) is 31.5 Å². The summed E-state index contributed by atoms with van der Waals surface area (Å²) in [6, 6.07) is 35.7. The van der Waals surface area contributed by atoms with Crippen molar-refractivity contribution in [2.75, 3.05) is 13.2 Å². The van der Waals surface area contributed by atoms with Gasteiger partial charge in [-0.15, -0.1) is 0 Å². The Morgan fingerprint density at radius 3 is 2.06 bits per heavy atom. The first-order valence-electron chi connectivity index (χ1n) is 16.4. The number of sulfonamides is 1. The molecule has 0 aliphatic carbocycles. The average molecular weight is 747 g/mol. The van der Waals surface area contributed by atoms with E-state index in [-0.39, 0.29) is 36.7 Å². The highest BCUT2D eigenvalue weighted by molar-refractivity contribution is 7.88. The summed E-state index contributed by atoms with van der Waals surface area (Å²) >= 11 is 6.56. The van der Waals surface area contributed by atoms with Gasteiger partial charge in [-0.1, -0.05) is 90.5 Å². The van der Waals surface area contributed by atoms with Gasteiger partial charge in [0, 0.05) is 41.0 Å². The van der Waals surface area contributed by atoms with Gasteiger partial charge < -0.3 is 14.4 Å². The topological polar surface area (TPSA) is 97.6 Å². The molecule has 0 bridgehead atoms. The van der Waals surface area contributed by atoms with E-state index in [0.717, 1.165) is 39.4 Å². The number of carbonyl (C=O) groups is 1. The van der Waals surface area contributed by atoms with Crippen molar-refractivity contribution in [3.05, 3.63) is 171 Å². The van der Waals surface area contributed by atoms with E-state index in [1.165, 1.54) is 30.3 Å². The van der Waals surface area contributed by atoms with Crippen LogP contribution < -0.4 is 9.46 Å². The van der Waals surface area contributed by atoms with E-state index >= 15 is 0 Å². The lowest BCUT2D eigenvalue weighted by Crippen LogP contribution is -2.29. The Labute approximate surface area is 304 Å². The molecule has 7 nitrogen and oxygen atoms in total. The molecule has 0 radical (unpaired) electrons. The fraction of sp³-hybridized carbons (Fsp3) is 0.175. The highest BCUT2D eigenvalue weighted by atomic mass is 35.5. The lowest BCUT2D eigenvalue weighted by Gasteiger charge is -2.25. The van der Waals surface area contributed by atoms with Crippen LogP contribution in [0.25, 0.3) is 10.9 Å². The monoisotopic (exact) mass is 746 g/mol. The molecule has 0 unspecified atom stereocenters. The third-order valence-electron chi connectivity index (χ3n) is 8.75. The van der Waals surface area contributed by atoms with Gasteiger partial charge in [-0.05, 0) is 70.8 Å². The second kappa shape index (κ2) is 15.6. The molecular weight excluding hydrogens is 713 g/mol. The van der Waals surface area contributed by atoms with Gasteiger partial charge in [0.05, 0.1) is 29.5 Å². The molecule has 0 aliphatic rings. The molecule has 0 saturated heterocycles. The van der Waals surface area contributed by atoms with Crippen LogP contribution in [-0.2, 0) is 34.8 Å². The molecule has 2 N–H and O–H groups in total. The minimum Gasteiger partial charge on any atom is -0.493 e. The minimum absolute atomic E-state index is 0.0959. The number of rotatable bonds is 14. The standard InChI is InChI=1S/C40H34ClF3N2O5S/c41-31-17-20-36-34(25-31)33(22-24-51-32-18-15-29(16-19-32)39(47)48)37(46(36)38(27-9-3-1-4-10-27)28-11-5-2-6-12-28)21-23-45-52(49,50)26-30-13-7-8-14-35(30)40(42,43)44/h1-20,25,38,45H,21-24,26H2,(H,47,48). The quantitative estimate of drug-likeness (QED) is 0.116. The number of hydrogen-bond donors (Lipinski definition) is 2. The van der Waals surface area contributed by atoms with Crippen LogP contribution in [0.5, 0.6) is 5.75 Å². The van der Waals surface area contributed by atoms with Gasteiger partial charge in [0.2, 0.25) is 10.0 Å². The van der Waals surface area contributed by atoms with Gasteiger partial charge in [0.1, 0.15) is 5.75 Å². The number of alkyl halides is 3. The number of fused-ring (bicyclic) bond motifs is 1. The maximum atomic E-state index is 13.7. The van der Waals surface area contributed by atoms with Gasteiger partial charge in [0.15, 0.2) is 0 Å². The predicted octanol–water partition coefficient (Wildman–Crippen LogP) is 8.93. The van der Waals surface area contributed by atoms with Gasteiger partial charge in [-0.25, -0.2) is 17.9 Å². The lowest BCUT2D eigenvalue weighted by atomic mass is 9.97. The maximum Gasteiger partial charge on any atom is 0.416 e. The zero-order valence-electron chi connectivity index (χ0n) is 27.7. The molecule has 12 heteroatoms. The molecule has 6 aromatic rings. The molecular formula is C40H34ClF3N2O5S. The minimum atomic E-state index is -4.70. The third kappa shape index (κ3) is 8.50. The Balaban J connectivity index is 1.39. The fourth-order valence-electron chi connectivity index (χ4n) is 6.48. The van der Waals surface area contributed by atoms with Crippen molar-refractivity contribution < 1.29 is 36.2 Å². The molecule has 0 aliphatic heterocycles. The number of carboxylic acid groups (broad SMARTS) is 1. The van der Waals surface area contributed by atoms with Gasteiger partial charge in [0.25, 0.3) is 0 Å². The highest BCUT2D eigenvalue weighted by Gasteiger charge is 2.34. The molecule has 0 spiro atoms. The largest absolute Gasteiger partial charge is 0.493 e. The predicted molar refractivity (Wildman–Crippen MR) is 195 cm³/mol. The molecule has 52 heavy (non-hydrogen) atoms. The molecule has 0 fully saturated rings.